The minimum atomic E-state index is 0.410. The number of nitrogen functional groups attached to an aromatic ring is 1. The molecule has 0 spiro atoms. The van der Waals surface area contributed by atoms with Crippen molar-refractivity contribution in [2.75, 3.05) is 23.0 Å². The predicted molar refractivity (Wildman–Crippen MR) is 49.2 cm³/mol. The fourth-order valence-electron chi connectivity index (χ4n) is 1.09. The first-order valence-electron chi connectivity index (χ1n) is 3.44. The summed E-state index contributed by atoms with van der Waals surface area (Å²) in [5.74, 6) is 1.12. The number of hydrogen-bond acceptors (Lipinski definition) is 5. The van der Waals surface area contributed by atoms with Gasteiger partial charge in [-0.05, 0) is 0 Å². The summed E-state index contributed by atoms with van der Waals surface area (Å²) in [5.41, 5.74) is 6.78. The van der Waals surface area contributed by atoms with Crippen LogP contribution >= 0.6 is 0 Å². The van der Waals surface area contributed by atoms with Crippen LogP contribution in [0.2, 0.25) is 0 Å². The molecule has 0 fully saturated rings. The van der Waals surface area contributed by atoms with Crippen LogP contribution in [-0.4, -0.2) is 30.2 Å². The molecule has 3 N–H and O–H groups in total. The van der Waals surface area contributed by atoms with Crippen molar-refractivity contribution in [2.45, 2.75) is 0 Å². The molecule has 1 aliphatic rings. The van der Waals surface area contributed by atoms with Gasteiger partial charge in [0, 0.05) is 0 Å². The van der Waals surface area contributed by atoms with Crippen molar-refractivity contribution in [2.24, 2.45) is 0 Å². The summed E-state index contributed by atoms with van der Waals surface area (Å²) in [4.78, 5) is 9.57. The Bertz CT molecular complexity index is 350. The molecule has 1 aromatic rings. The molecule has 2 rings (SSSR count). The Morgan fingerprint density at radius 3 is 3.00 bits per heavy atom. The van der Waals surface area contributed by atoms with E-state index in [2.05, 4.69) is 15.3 Å². The Kier molecular flexibility index (Phi) is 1.30. The summed E-state index contributed by atoms with van der Waals surface area (Å²) in [5, 5.41) is 2.89. The molecule has 0 aliphatic carbocycles. The molecule has 1 radical (unpaired) electrons. The van der Waals surface area contributed by atoms with Gasteiger partial charge in [0.25, 0.3) is 0 Å². The number of aromatic nitrogens is 2. The Balaban J connectivity index is 2.60. The number of nitrogens with two attached hydrogens (primary N) is 1. The van der Waals surface area contributed by atoms with Crippen molar-refractivity contribution in [1.29, 1.82) is 0 Å². The molecule has 0 bridgehead atoms. The Morgan fingerprint density at radius 2 is 2.33 bits per heavy atom. The molecule has 59 valence electrons. The predicted octanol–water partition coefficient (Wildman–Crippen LogP) is -0.824. The van der Waals surface area contributed by atoms with Gasteiger partial charge in [-0.2, -0.15) is 0 Å². The average molecular weight is 160 g/mol. The summed E-state index contributed by atoms with van der Waals surface area (Å²) < 4.78 is 0. The standard InChI is InChI=1S/C6H7BN5/c1-12-5-3(11-6(12)7)4(8)9-2-10-5/h2,11H,1H3,(H2,8,9,10). The molecule has 6 heteroatoms. The summed E-state index contributed by atoms with van der Waals surface area (Å²) in [6.45, 7) is 0. The zero-order valence-corrected chi connectivity index (χ0v) is 6.57. The van der Waals surface area contributed by atoms with Crippen LogP contribution in [0.15, 0.2) is 6.33 Å². The van der Waals surface area contributed by atoms with E-state index < -0.39 is 0 Å². The van der Waals surface area contributed by atoms with Gasteiger partial charge in [-0.1, -0.05) is 0 Å². The molecule has 0 aromatic carbocycles. The van der Waals surface area contributed by atoms with E-state index in [-0.39, 0.29) is 0 Å². The van der Waals surface area contributed by atoms with Gasteiger partial charge in [0.15, 0.2) is 0 Å². The fourth-order valence-corrected chi connectivity index (χ4v) is 1.09. The van der Waals surface area contributed by atoms with Gasteiger partial charge in [0.1, 0.15) is 0 Å². The van der Waals surface area contributed by atoms with Crippen molar-refractivity contribution in [3.05, 3.63) is 6.33 Å². The van der Waals surface area contributed by atoms with E-state index in [4.69, 9.17) is 13.2 Å². The first kappa shape index (κ1) is 7.09. The van der Waals surface area contributed by atoms with Crippen molar-refractivity contribution >= 4 is 30.5 Å². The molecule has 1 aromatic heterocycles. The van der Waals surface area contributed by atoms with E-state index in [0.29, 0.717) is 23.0 Å². The van der Waals surface area contributed by atoms with Gasteiger partial charge in [0.05, 0.1) is 0 Å². The number of nitrogens with zero attached hydrogens (tertiary/aromatic N) is 3. The van der Waals surface area contributed by atoms with Crippen molar-refractivity contribution < 1.29 is 0 Å². The fraction of sp³-hybridized carbons (Fsp3) is 0.167. The van der Waals surface area contributed by atoms with Gasteiger partial charge in [0.2, 0.25) is 0 Å². The third-order valence-electron chi connectivity index (χ3n) is 1.79. The van der Waals surface area contributed by atoms with E-state index in [1.54, 1.807) is 11.9 Å². The number of rotatable bonds is 0. The quantitative estimate of drug-likeness (QED) is 0.485. The van der Waals surface area contributed by atoms with E-state index >= 15 is 0 Å². The summed E-state index contributed by atoms with van der Waals surface area (Å²) >= 11 is 0. The number of fused-ring (bicyclic) bond motifs is 1. The Labute approximate surface area is 70.7 Å². The first-order valence-corrected chi connectivity index (χ1v) is 3.44. The van der Waals surface area contributed by atoms with Crippen molar-refractivity contribution in [3.63, 3.8) is 0 Å². The number of anilines is 3. The Hall–Kier alpha value is -1.59. The third-order valence-corrected chi connectivity index (χ3v) is 1.79. The summed E-state index contributed by atoms with van der Waals surface area (Å²) in [7, 11) is 7.41. The monoisotopic (exact) mass is 160 g/mol. The molecular weight excluding hydrogens is 153 g/mol. The molecule has 5 nitrogen and oxygen atoms in total. The maximum atomic E-state index is 5.61. The van der Waals surface area contributed by atoms with Crippen LogP contribution in [0, 0.1) is 0 Å². The zero-order chi connectivity index (χ0) is 8.72. The van der Waals surface area contributed by atoms with Gasteiger partial charge >= 0.3 is 69.8 Å². The topological polar surface area (TPSA) is 67.1 Å². The molecule has 0 unspecified atom stereocenters. The zero-order valence-electron chi connectivity index (χ0n) is 6.57. The molecular formula is C6H7BN5. The third kappa shape index (κ3) is 0.776. The van der Waals surface area contributed by atoms with Gasteiger partial charge in [-0.25, -0.2) is 0 Å². The van der Waals surface area contributed by atoms with Crippen LogP contribution in [0.4, 0.5) is 17.3 Å². The van der Waals surface area contributed by atoms with Crippen LogP contribution in [0.25, 0.3) is 0 Å². The van der Waals surface area contributed by atoms with Crippen molar-refractivity contribution in [1.82, 2.24) is 9.97 Å². The first-order chi connectivity index (χ1) is 5.70. The van der Waals surface area contributed by atoms with E-state index in [9.17, 15) is 0 Å². The second-order valence-electron chi connectivity index (χ2n) is 2.53. The molecule has 12 heavy (non-hydrogen) atoms. The molecule has 0 saturated heterocycles. The average Bonchev–Trinajstić information content (AvgIpc) is 2.32. The van der Waals surface area contributed by atoms with E-state index in [0.717, 1.165) is 0 Å². The van der Waals surface area contributed by atoms with E-state index in [1.807, 2.05) is 0 Å². The maximum absolute atomic E-state index is 5.61. The number of nitrogens with one attached hydrogen (secondary N) is 1. The normalized spacial score (nSPS) is 14.3. The molecule has 0 atom stereocenters. The number of hydrogen-bond donors (Lipinski definition) is 2. The van der Waals surface area contributed by atoms with Crippen LogP contribution in [0.5, 0.6) is 0 Å². The van der Waals surface area contributed by atoms with Crippen LogP contribution in [0.3, 0.4) is 0 Å². The summed E-state index contributed by atoms with van der Waals surface area (Å²) in [6, 6.07) is 0. The molecule has 0 amide bonds. The second-order valence-corrected chi connectivity index (χ2v) is 2.53. The van der Waals surface area contributed by atoms with E-state index in [1.165, 1.54) is 6.33 Å². The molecule has 2 heterocycles. The second kappa shape index (κ2) is 2.20. The van der Waals surface area contributed by atoms with Gasteiger partial charge < -0.3 is 0 Å². The van der Waals surface area contributed by atoms with Crippen LogP contribution < -0.4 is 16.0 Å². The van der Waals surface area contributed by atoms with Gasteiger partial charge in [-0.15, -0.1) is 0 Å². The van der Waals surface area contributed by atoms with Crippen LogP contribution in [-0.2, 0) is 0 Å². The summed E-state index contributed by atoms with van der Waals surface area (Å²) in [6.07, 6.45) is 1.41. The van der Waals surface area contributed by atoms with Gasteiger partial charge in [-0.3, -0.25) is 0 Å². The SMILES string of the molecule is [B]=C1Nc2c(N)ncnc2N1C. The Morgan fingerprint density at radius 1 is 1.58 bits per heavy atom. The minimum absolute atomic E-state index is 0.410. The molecule has 0 saturated carbocycles. The van der Waals surface area contributed by atoms with Crippen molar-refractivity contribution in [3.8, 4) is 0 Å². The molecule has 1 aliphatic heterocycles. The van der Waals surface area contributed by atoms with Crippen LogP contribution in [0.1, 0.15) is 0 Å².